The summed E-state index contributed by atoms with van der Waals surface area (Å²) in [6.45, 7) is -0.187. The highest BCUT2D eigenvalue weighted by Gasteiger charge is 2.06. The molecule has 0 atom stereocenters. The van der Waals surface area contributed by atoms with Crippen LogP contribution in [-0.2, 0) is 9.63 Å². The molecule has 0 radical (unpaired) electrons. The van der Waals surface area contributed by atoms with Gasteiger partial charge in [-0.25, -0.2) is 5.48 Å². The zero-order valence-corrected chi connectivity index (χ0v) is 8.39. The molecule has 2 amide bonds. The molecule has 1 heterocycles. The van der Waals surface area contributed by atoms with Gasteiger partial charge in [-0.05, 0) is 11.4 Å². The number of hydrogen-bond acceptors (Lipinski definition) is 4. The fourth-order valence-corrected chi connectivity index (χ4v) is 1.31. The smallest absolute Gasteiger partial charge is 0.284 e. The molecule has 0 unspecified atom stereocenters. The number of amides is 2. The van der Waals surface area contributed by atoms with E-state index in [4.69, 9.17) is 0 Å². The maximum absolute atomic E-state index is 11.2. The molecule has 0 aliphatic rings. The third-order valence-electron chi connectivity index (χ3n) is 1.39. The van der Waals surface area contributed by atoms with Crippen molar-refractivity contribution in [1.82, 2.24) is 10.8 Å². The van der Waals surface area contributed by atoms with Crippen molar-refractivity contribution < 1.29 is 14.4 Å². The normalized spacial score (nSPS) is 9.50. The Kier molecular flexibility index (Phi) is 4.09. The van der Waals surface area contributed by atoms with Crippen LogP contribution in [0, 0.1) is 0 Å². The van der Waals surface area contributed by atoms with Crippen LogP contribution in [0.25, 0.3) is 0 Å². The minimum Gasteiger partial charge on any atom is -0.357 e. The van der Waals surface area contributed by atoms with Crippen molar-refractivity contribution >= 4 is 23.2 Å². The van der Waals surface area contributed by atoms with E-state index in [1.807, 2.05) is 0 Å². The first-order valence-electron chi connectivity index (χ1n) is 3.90. The third-order valence-corrected chi connectivity index (χ3v) is 2.26. The van der Waals surface area contributed by atoms with Gasteiger partial charge < -0.3 is 5.32 Å². The number of thiophene rings is 1. The standard InChI is InChI=1S/C8H10N2O3S/c1-9-7(11)5-13-10-8(12)6-3-2-4-14-6/h2-4H,5H2,1H3,(H,9,11)(H,10,12). The topological polar surface area (TPSA) is 67.4 Å². The van der Waals surface area contributed by atoms with E-state index in [-0.39, 0.29) is 18.4 Å². The fraction of sp³-hybridized carbons (Fsp3) is 0.250. The number of hydroxylamine groups is 1. The van der Waals surface area contributed by atoms with Crippen molar-refractivity contribution in [3.8, 4) is 0 Å². The van der Waals surface area contributed by atoms with Gasteiger partial charge in [-0.1, -0.05) is 6.07 Å². The lowest BCUT2D eigenvalue weighted by Crippen LogP contribution is -2.30. The van der Waals surface area contributed by atoms with Gasteiger partial charge in [0, 0.05) is 7.05 Å². The molecule has 0 spiro atoms. The molecule has 0 bridgehead atoms. The number of nitrogens with one attached hydrogen (secondary N) is 2. The average Bonchev–Trinajstić information content (AvgIpc) is 2.70. The monoisotopic (exact) mass is 214 g/mol. The van der Waals surface area contributed by atoms with Crippen molar-refractivity contribution in [2.75, 3.05) is 13.7 Å². The Hall–Kier alpha value is -1.40. The zero-order chi connectivity index (χ0) is 10.4. The summed E-state index contributed by atoms with van der Waals surface area (Å²) in [5.74, 6) is -0.639. The average molecular weight is 214 g/mol. The lowest BCUT2D eigenvalue weighted by atomic mass is 10.5. The van der Waals surface area contributed by atoms with Crippen LogP contribution >= 0.6 is 11.3 Å². The molecule has 2 N–H and O–H groups in total. The van der Waals surface area contributed by atoms with Gasteiger partial charge >= 0.3 is 0 Å². The van der Waals surface area contributed by atoms with Gasteiger partial charge in [-0.3, -0.25) is 14.4 Å². The predicted octanol–water partition coefficient (Wildman–Crippen LogP) is 0.156. The molecule has 1 aromatic rings. The number of carbonyl (C=O) groups is 2. The lowest BCUT2D eigenvalue weighted by molar-refractivity contribution is -0.126. The second kappa shape index (κ2) is 5.36. The van der Waals surface area contributed by atoms with Gasteiger partial charge in [-0.15, -0.1) is 11.3 Å². The fourth-order valence-electron chi connectivity index (χ4n) is 0.697. The summed E-state index contributed by atoms with van der Waals surface area (Å²) >= 11 is 1.30. The summed E-state index contributed by atoms with van der Waals surface area (Å²) in [5.41, 5.74) is 2.16. The van der Waals surface area contributed by atoms with E-state index >= 15 is 0 Å². The Balaban J connectivity index is 2.26. The summed E-state index contributed by atoms with van der Waals surface area (Å²) in [4.78, 5) is 27.1. The number of rotatable bonds is 4. The molecular formula is C8H10N2O3S. The van der Waals surface area contributed by atoms with Crippen molar-refractivity contribution in [3.63, 3.8) is 0 Å². The van der Waals surface area contributed by atoms with E-state index in [1.54, 1.807) is 17.5 Å². The quantitative estimate of drug-likeness (QED) is 0.701. The third kappa shape index (κ3) is 3.15. The largest absolute Gasteiger partial charge is 0.357 e. The maximum atomic E-state index is 11.2. The summed E-state index contributed by atoms with van der Waals surface area (Å²) < 4.78 is 0. The van der Waals surface area contributed by atoms with E-state index in [0.717, 1.165) is 0 Å². The summed E-state index contributed by atoms with van der Waals surface area (Å²) in [6, 6.07) is 3.43. The van der Waals surface area contributed by atoms with Crippen LogP contribution in [0.15, 0.2) is 17.5 Å². The summed E-state index contributed by atoms with van der Waals surface area (Å²) in [6.07, 6.45) is 0. The van der Waals surface area contributed by atoms with E-state index in [1.165, 1.54) is 18.4 Å². The van der Waals surface area contributed by atoms with Gasteiger partial charge in [-0.2, -0.15) is 0 Å². The number of carbonyl (C=O) groups excluding carboxylic acids is 2. The Labute approximate surface area is 85.0 Å². The first-order chi connectivity index (χ1) is 6.74. The zero-order valence-electron chi connectivity index (χ0n) is 7.57. The van der Waals surface area contributed by atoms with Gasteiger partial charge in [0.05, 0.1) is 4.88 Å². The predicted molar refractivity (Wildman–Crippen MR) is 51.8 cm³/mol. The molecule has 76 valence electrons. The summed E-state index contributed by atoms with van der Waals surface area (Å²) in [7, 11) is 1.49. The van der Waals surface area contributed by atoms with Gasteiger partial charge in [0.15, 0.2) is 6.61 Å². The number of likely N-dealkylation sites (N-methyl/N-ethyl adjacent to an activating group) is 1. The minimum absolute atomic E-state index is 0.187. The molecule has 0 aliphatic heterocycles. The Morgan fingerprint density at radius 3 is 2.93 bits per heavy atom. The Bertz CT molecular complexity index is 310. The van der Waals surface area contributed by atoms with Crippen LogP contribution in [0.3, 0.4) is 0 Å². The Morgan fingerprint density at radius 1 is 1.57 bits per heavy atom. The summed E-state index contributed by atoms with van der Waals surface area (Å²) in [5, 5.41) is 4.15. The molecule has 0 fully saturated rings. The number of hydrogen-bond donors (Lipinski definition) is 2. The maximum Gasteiger partial charge on any atom is 0.284 e. The van der Waals surface area contributed by atoms with E-state index in [9.17, 15) is 9.59 Å². The van der Waals surface area contributed by atoms with Crippen LogP contribution in [-0.4, -0.2) is 25.5 Å². The van der Waals surface area contributed by atoms with Crippen LogP contribution in [0.4, 0.5) is 0 Å². The molecule has 1 rings (SSSR count). The highest BCUT2D eigenvalue weighted by atomic mass is 32.1. The Morgan fingerprint density at radius 2 is 2.36 bits per heavy atom. The van der Waals surface area contributed by atoms with E-state index in [2.05, 4.69) is 15.6 Å². The lowest BCUT2D eigenvalue weighted by Gasteiger charge is -2.02. The molecule has 0 aromatic carbocycles. The first-order valence-corrected chi connectivity index (χ1v) is 4.78. The highest BCUT2D eigenvalue weighted by molar-refractivity contribution is 7.12. The van der Waals surface area contributed by atoms with Crippen molar-refractivity contribution in [1.29, 1.82) is 0 Å². The van der Waals surface area contributed by atoms with Crippen LogP contribution in [0.1, 0.15) is 9.67 Å². The molecule has 0 saturated heterocycles. The first kappa shape index (κ1) is 10.7. The molecule has 1 aromatic heterocycles. The van der Waals surface area contributed by atoms with Gasteiger partial charge in [0.25, 0.3) is 5.91 Å². The molecule has 0 saturated carbocycles. The van der Waals surface area contributed by atoms with Gasteiger partial charge in [0.1, 0.15) is 0 Å². The van der Waals surface area contributed by atoms with Crippen LogP contribution in [0.5, 0.6) is 0 Å². The van der Waals surface area contributed by atoms with Crippen molar-refractivity contribution in [2.24, 2.45) is 0 Å². The van der Waals surface area contributed by atoms with E-state index in [0.29, 0.717) is 4.88 Å². The minimum atomic E-state index is -0.344. The molecule has 5 nitrogen and oxygen atoms in total. The van der Waals surface area contributed by atoms with Crippen LogP contribution < -0.4 is 10.8 Å². The SMILES string of the molecule is CNC(=O)CONC(=O)c1cccs1. The molecule has 14 heavy (non-hydrogen) atoms. The van der Waals surface area contributed by atoms with E-state index < -0.39 is 0 Å². The second-order valence-electron chi connectivity index (χ2n) is 2.37. The highest BCUT2D eigenvalue weighted by Crippen LogP contribution is 2.07. The second-order valence-corrected chi connectivity index (χ2v) is 3.32. The van der Waals surface area contributed by atoms with Gasteiger partial charge in [0.2, 0.25) is 5.91 Å². The van der Waals surface area contributed by atoms with Crippen molar-refractivity contribution in [2.45, 2.75) is 0 Å². The molecular weight excluding hydrogens is 204 g/mol. The van der Waals surface area contributed by atoms with Crippen molar-refractivity contribution in [3.05, 3.63) is 22.4 Å². The molecule has 0 aliphatic carbocycles. The van der Waals surface area contributed by atoms with Crippen LogP contribution in [0.2, 0.25) is 0 Å². The molecule has 6 heteroatoms.